The predicted octanol–water partition coefficient (Wildman–Crippen LogP) is 3.00. The number of aromatic nitrogens is 1. The predicted molar refractivity (Wildman–Crippen MR) is 65.6 cm³/mol. The molecule has 0 aliphatic heterocycles. The van der Waals surface area contributed by atoms with E-state index in [0.29, 0.717) is 0 Å². The molecule has 0 saturated heterocycles. The van der Waals surface area contributed by atoms with Gasteiger partial charge in [0.05, 0.1) is 11.4 Å². The molecule has 2 aromatic rings. The van der Waals surface area contributed by atoms with Gasteiger partial charge in [0, 0.05) is 18.0 Å². The van der Waals surface area contributed by atoms with Crippen molar-refractivity contribution in [2.24, 2.45) is 0 Å². The Balaban J connectivity index is 2.32. The SMILES string of the molecule is C=C(NC)c1csc(-c2ccccc2)n1. The molecular weight excluding hydrogens is 204 g/mol. The first kappa shape index (κ1) is 9.93. The Labute approximate surface area is 93.3 Å². The maximum Gasteiger partial charge on any atom is 0.124 e. The van der Waals surface area contributed by atoms with Gasteiger partial charge in [-0.05, 0) is 0 Å². The molecule has 76 valence electrons. The summed E-state index contributed by atoms with van der Waals surface area (Å²) in [5.41, 5.74) is 2.92. The number of hydrogen-bond acceptors (Lipinski definition) is 3. The van der Waals surface area contributed by atoms with Gasteiger partial charge in [0.15, 0.2) is 0 Å². The molecule has 0 saturated carbocycles. The third-order valence-corrected chi connectivity index (χ3v) is 3.03. The highest BCUT2D eigenvalue weighted by Gasteiger charge is 2.05. The molecule has 0 bridgehead atoms. The molecule has 0 radical (unpaired) electrons. The number of nitrogens with one attached hydrogen (secondary N) is 1. The first-order valence-electron chi connectivity index (χ1n) is 4.69. The number of thiazole rings is 1. The van der Waals surface area contributed by atoms with Gasteiger partial charge in [-0.1, -0.05) is 36.9 Å². The van der Waals surface area contributed by atoms with Crippen LogP contribution in [0, 0.1) is 0 Å². The van der Waals surface area contributed by atoms with E-state index in [9.17, 15) is 0 Å². The van der Waals surface area contributed by atoms with Gasteiger partial charge >= 0.3 is 0 Å². The minimum absolute atomic E-state index is 0.855. The monoisotopic (exact) mass is 216 g/mol. The largest absolute Gasteiger partial charge is 0.387 e. The minimum Gasteiger partial charge on any atom is -0.387 e. The number of hydrogen-bond donors (Lipinski definition) is 1. The van der Waals surface area contributed by atoms with E-state index in [1.807, 2.05) is 30.6 Å². The van der Waals surface area contributed by atoms with Crippen molar-refractivity contribution < 1.29 is 0 Å². The highest BCUT2D eigenvalue weighted by Crippen LogP contribution is 2.24. The third-order valence-electron chi connectivity index (χ3n) is 2.14. The van der Waals surface area contributed by atoms with Crippen LogP contribution < -0.4 is 5.32 Å². The summed E-state index contributed by atoms with van der Waals surface area (Å²) in [6, 6.07) is 10.2. The summed E-state index contributed by atoms with van der Waals surface area (Å²) in [4.78, 5) is 4.51. The Morgan fingerprint density at radius 2 is 2.07 bits per heavy atom. The lowest BCUT2D eigenvalue weighted by atomic mass is 10.2. The summed E-state index contributed by atoms with van der Waals surface area (Å²) in [6.45, 7) is 3.88. The first-order valence-corrected chi connectivity index (χ1v) is 5.57. The molecule has 0 aliphatic carbocycles. The van der Waals surface area contributed by atoms with Crippen LogP contribution in [0.15, 0.2) is 42.3 Å². The molecule has 3 heteroatoms. The number of benzene rings is 1. The summed E-state index contributed by atoms with van der Waals surface area (Å²) in [6.07, 6.45) is 0. The van der Waals surface area contributed by atoms with Crippen molar-refractivity contribution in [3.63, 3.8) is 0 Å². The van der Waals surface area contributed by atoms with E-state index in [2.05, 4.69) is 29.0 Å². The van der Waals surface area contributed by atoms with Crippen LogP contribution in [-0.4, -0.2) is 12.0 Å². The average Bonchev–Trinajstić information content (AvgIpc) is 2.78. The summed E-state index contributed by atoms with van der Waals surface area (Å²) < 4.78 is 0. The molecular formula is C12H12N2S. The van der Waals surface area contributed by atoms with Crippen LogP contribution >= 0.6 is 11.3 Å². The van der Waals surface area contributed by atoms with Crippen LogP contribution in [0.4, 0.5) is 0 Å². The quantitative estimate of drug-likeness (QED) is 0.853. The Morgan fingerprint density at radius 3 is 2.73 bits per heavy atom. The lowest BCUT2D eigenvalue weighted by molar-refractivity contribution is 1.11. The summed E-state index contributed by atoms with van der Waals surface area (Å²) in [7, 11) is 1.85. The summed E-state index contributed by atoms with van der Waals surface area (Å²) in [5.74, 6) is 0. The maximum absolute atomic E-state index is 4.51. The van der Waals surface area contributed by atoms with E-state index >= 15 is 0 Å². The van der Waals surface area contributed by atoms with Crippen molar-refractivity contribution >= 4 is 17.0 Å². The van der Waals surface area contributed by atoms with Gasteiger partial charge in [0.1, 0.15) is 5.01 Å². The summed E-state index contributed by atoms with van der Waals surface area (Å²) >= 11 is 1.63. The highest BCUT2D eigenvalue weighted by molar-refractivity contribution is 7.13. The second-order valence-corrected chi connectivity index (χ2v) is 3.99. The van der Waals surface area contributed by atoms with E-state index in [1.54, 1.807) is 11.3 Å². The van der Waals surface area contributed by atoms with Gasteiger partial charge in [-0.2, -0.15) is 0 Å². The van der Waals surface area contributed by atoms with Crippen LogP contribution in [0.2, 0.25) is 0 Å². The molecule has 0 atom stereocenters. The van der Waals surface area contributed by atoms with Crippen LogP contribution in [0.25, 0.3) is 16.3 Å². The Morgan fingerprint density at radius 1 is 1.33 bits per heavy atom. The lowest BCUT2D eigenvalue weighted by Crippen LogP contribution is -2.02. The zero-order valence-corrected chi connectivity index (χ0v) is 9.34. The highest BCUT2D eigenvalue weighted by atomic mass is 32.1. The molecule has 1 aromatic heterocycles. The van der Waals surface area contributed by atoms with Crippen LogP contribution in [0.3, 0.4) is 0 Å². The van der Waals surface area contributed by atoms with Gasteiger partial charge in [-0.3, -0.25) is 0 Å². The van der Waals surface area contributed by atoms with Crippen molar-refractivity contribution in [2.45, 2.75) is 0 Å². The molecule has 0 fully saturated rings. The van der Waals surface area contributed by atoms with Gasteiger partial charge in [0.2, 0.25) is 0 Å². The number of nitrogens with zero attached hydrogens (tertiary/aromatic N) is 1. The molecule has 1 aromatic carbocycles. The zero-order valence-electron chi connectivity index (χ0n) is 8.53. The van der Waals surface area contributed by atoms with Crippen molar-refractivity contribution in [3.8, 4) is 10.6 Å². The Kier molecular flexibility index (Phi) is 2.83. The molecule has 0 unspecified atom stereocenters. The molecule has 2 rings (SSSR count). The third kappa shape index (κ3) is 2.07. The van der Waals surface area contributed by atoms with Gasteiger partial charge in [0.25, 0.3) is 0 Å². The number of rotatable bonds is 3. The van der Waals surface area contributed by atoms with Gasteiger partial charge < -0.3 is 5.32 Å². The molecule has 0 aliphatic rings. The van der Waals surface area contributed by atoms with E-state index < -0.39 is 0 Å². The topological polar surface area (TPSA) is 24.9 Å². The normalized spacial score (nSPS) is 9.93. The van der Waals surface area contributed by atoms with Gasteiger partial charge in [-0.25, -0.2) is 4.98 Å². The molecule has 0 amide bonds. The fourth-order valence-corrected chi connectivity index (χ4v) is 2.10. The standard InChI is InChI=1S/C12H12N2S/c1-9(13-2)11-8-15-12(14-11)10-6-4-3-5-7-10/h3-8,13H,1H2,2H3. The molecule has 1 heterocycles. The first-order chi connectivity index (χ1) is 7.31. The molecule has 0 spiro atoms. The van der Waals surface area contributed by atoms with Gasteiger partial charge in [-0.15, -0.1) is 11.3 Å². The zero-order chi connectivity index (χ0) is 10.7. The van der Waals surface area contributed by atoms with E-state index in [4.69, 9.17) is 0 Å². The van der Waals surface area contributed by atoms with E-state index in [-0.39, 0.29) is 0 Å². The van der Waals surface area contributed by atoms with E-state index in [0.717, 1.165) is 22.0 Å². The second-order valence-electron chi connectivity index (χ2n) is 3.13. The molecule has 15 heavy (non-hydrogen) atoms. The minimum atomic E-state index is 0.855. The van der Waals surface area contributed by atoms with Crippen molar-refractivity contribution in [3.05, 3.63) is 48.0 Å². The second kappa shape index (κ2) is 4.28. The lowest BCUT2D eigenvalue weighted by Gasteiger charge is -1.98. The maximum atomic E-state index is 4.51. The van der Waals surface area contributed by atoms with Crippen molar-refractivity contribution in [1.82, 2.24) is 10.3 Å². The van der Waals surface area contributed by atoms with Crippen LogP contribution in [-0.2, 0) is 0 Å². The van der Waals surface area contributed by atoms with Crippen molar-refractivity contribution in [2.75, 3.05) is 7.05 Å². The summed E-state index contributed by atoms with van der Waals surface area (Å²) in [5, 5.41) is 6.04. The fraction of sp³-hybridized carbons (Fsp3) is 0.0833. The van der Waals surface area contributed by atoms with E-state index in [1.165, 1.54) is 0 Å². The molecule has 2 nitrogen and oxygen atoms in total. The Hall–Kier alpha value is -1.61. The van der Waals surface area contributed by atoms with Crippen molar-refractivity contribution in [1.29, 1.82) is 0 Å². The fourth-order valence-electron chi connectivity index (χ4n) is 1.25. The Bertz CT molecular complexity index is 459. The van der Waals surface area contributed by atoms with Crippen LogP contribution in [0.5, 0.6) is 0 Å². The smallest absolute Gasteiger partial charge is 0.124 e. The average molecular weight is 216 g/mol. The molecule has 1 N–H and O–H groups in total. The van der Waals surface area contributed by atoms with Crippen LogP contribution in [0.1, 0.15) is 5.69 Å².